The quantitative estimate of drug-likeness (QED) is 0.670. The number of halogens is 1. The largest absolute Gasteiger partial charge is 0.369 e. The van der Waals surface area contributed by atoms with E-state index in [4.69, 9.17) is 17.3 Å². The zero-order valence-electron chi connectivity index (χ0n) is 6.01. The summed E-state index contributed by atoms with van der Waals surface area (Å²) in [6, 6.07) is 0. The van der Waals surface area contributed by atoms with Gasteiger partial charge in [0, 0.05) is 11.5 Å². The molecule has 2 nitrogen and oxygen atoms in total. The molecular weight excluding hydrogens is 150 g/mol. The molecule has 0 saturated heterocycles. The number of rotatable bonds is 4. The molecule has 0 fully saturated rings. The molecule has 2 N–H and O–H groups in total. The van der Waals surface area contributed by atoms with E-state index in [-0.39, 0.29) is 11.8 Å². The fourth-order valence-corrected chi connectivity index (χ4v) is 0.677. The van der Waals surface area contributed by atoms with Gasteiger partial charge in [-0.05, 0) is 12.8 Å². The third kappa shape index (κ3) is 4.39. The van der Waals surface area contributed by atoms with E-state index >= 15 is 0 Å². The van der Waals surface area contributed by atoms with Crippen LogP contribution in [0.4, 0.5) is 0 Å². The number of carbonyl (C=O) groups is 1. The van der Waals surface area contributed by atoms with Gasteiger partial charge in [0.05, 0.1) is 0 Å². The molecule has 0 saturated carbocycles. The van der Waals surface area contributed by atoms with Crippen molar-refractivity contribution in [1.82, 2.24) is 0 Å². The molecule has 1 amide bonds. The molecule has 0 aliphatic carbocycles. The first kappa shape index (κ1) is 9.50. The van der Waals surface area contributed by atoms with E-state index in [0.29, 0.717) is 0 Å². The molecule has 3 heteroatoms. The lowest BCUT2D eigenvalue weighted by atomic mass is 10.1. The third-order valence-corrected chi connectivity index (χ3v) is 1.52. The van der Waals surface area contributed by atoms with E-state index in [1.165, 1.54) is 5.54 Å². The fraction of sp³-hybridized carbons (Fsp3) is 0.571. The van der Waals surface area contributed by atoms with Crippen molar-refractivity contribution in [2.45, 2.75) is 19.8 Å². The summed E-state index contributed by atoms with van der Waals surface area (Å²) >= 11 is 5.27. The van der Waals surface area contributed by atoms with Gasteiger partial charge in [0.2, 0.25) is 5.91 Å². The summed E-state index contributed by atoms with van der Waals surface area (Å²) < 4.78 is 0. The predicted octanol–water partition coefficient (Wildman–Crippen LogP) is 1.64. The Morgan fingerprint density at radius 2 is 2.40 bits per heavy atom. The number of primary amides is 1. The van der Waals surface area contributed by atoms with Crippen molar-refractivity contribution in [3.05, 3.63) is 11.6 Å². The van der Waals surface area contributed by atoms with Gasteiger partial charge in [-0.3, -0.25) is 4.79 Å². The first-order chi connectivity index (χ1) is 4.68. The number of carbonyl (C=O) groups excluding carboxylic acids is 1. The highest BCUT2D eigenvalue weighted by atomic mass is 35.5. The van der Waals surface area contributed by atoms with Gasteiger partial charge >= 0.3 is 0 Å². The van der Waals surface area contributed by atoms with Gasteiger partial charge in [-0.25, -0.2) is 0 Å². The Balaban J connectivity index is 3.39. The van der Waals surface area contributed by atoms with Crippen molar-refractivity contribution in [2.24, 2.45) is 11.7 Å². The summed E-state index contributed by atoms with van der Waals surface area (Å²) in [7, 11) is 0. The average Bonchev–Trinajstić information content (AvgIpc) is 1.88. The molecule has 0 bridgehead atoms. The molecule has 0 radical (unpaired) electrons. The minimum atomic E-state index is -0.247. The second-order valence-electron chi connectivity index (χ2n) is 2.24. The Kier molecular flexibility index (Phi) is 5.03. The zero-order chi connectivity index (χ0) is 7.98. The van der Waals surface area contributed by atoms with Gasteiger partial charge in [-0.2, -0.15) is 0 Å². The number of hydrogen-bond acceptors (Lipinski definition) is 1. The minimum Gasteiger partial charge on any atom is -0.369 e. The maximum Gasteiger partial charge on any atom is 0.220 e. The van der Waals surface area contributed by atoms with Crippen LogP contribution in [-0.2, 0) is 4.79 Å². The van der Waals surface area contributed by atoms with Crippen LogP contribution in [0.1, 0.15) is 19.8 Å². The third-order valence-electron chi connectivity index (χ3n) is 1.34. The first-order valence-electron chi connectivity index (χ1n) is 3.23. The van der Waals surface area contributed by atoms with Crippen LogP contribution in [0.15, 0.2) is 11.6 Å². The highest BCUT2D eigenvalue weighted by Gasteiger charge is 2.05. The lowest BCUT2D eigenvalue weighted by molar-refractivity contribution is -0.121. The molecule has 10 heavy (non-hydrogen) atoms. The van der Waals surface area contributed by atoms with Crippen molar-refractivity contribution in [2.75, 3.05) is 0 Å². The molecule has 1 unspecified atom stereocenters. The van der Waals surface area contributed by atoms with E-state index < -0.39 is 0 Å². The van der Waals surface area contributed by atoms with Gasteiger partial charge in [0.25, 0.3) is 0 Å². The highest BCUT2D eigenvalue weighted by molar-refractivity contribution is 6.25. The molecule has 1 atom stereocenters. The molecule has 0 heterocycles. The van der Waals surface area contributed by atoms with E-state index in [1.54, 1.807) is 6.08 Å². The Hall–Kier alpha value is -0.500. The van der Waals surface area contributed by atoms with Gasteiger partial charge in [-0.15, -0.1) is 0 Å². The van der Waals surface area contributed by atoms with Crippen molar-refractivity contribution in [3.8, 4) is 0 Å². The van der Waals surface area contributed by atoms with Crippen LogP contribution in [0.3, 0.4) is 0 Å². The van der Waals surface area contributed by atoms with E-state index in [2.05, 4.69) is 0 Å². The highest BCUT2D eigenvalue weighted by Crippen LogP contribution is 2.04. The zero-order valence-corrected chi connectivity index (χ0v) is 6.77. The standard InChI is InChI=1S/C7H12ClNO/c1-6(7(9)10)4-2-3-5-8/h3,5-6H,2,4H2,1H3,(H2,9,10)/b5-3+. The van der Waals surface area contributed by atoms with Crippen molar-refractivity contribution in [3.63, 3.8) is 0 Å². The topological polar surface area (TPSA) is 43.1 Å². The smallest absolute Gasteiger partial charge is 0.220 e. The summed E-state index contributed by atoms with van der Waals surface area (Å²) in [5, 5.41) is 0. The molecule has 0 aromatic carbocycles. The summed E-state index contributed by atoms with van der Waals surface area (Å²) in [6.07, 6.45) is 3.40. The second-order valence-corrected chi connectivity index (χ2v) is 2.49. The van der Waals surface area contributed by atoms with E-state index in [1.807, 2.05) is 6.92 Å². The summed E-state index contributed by atoms with van der Waals surface area (Å²) in [6.45, 7) is 1.81. The van der Waals surface area contributed by atoms with Crippen LogP contribution in [0, 0.1) is 5.92 Å². The molecule has 0 aliphatic rings. The van der Waals surface area contributed by atoms with Gasteiger partial charge in [-0.1, -0.05) is 24.6 Å². The molecule has 0 spiro atoms. The van der Waals surface area contributed by atoms with E-state index in [0.717, 1.165) is 12.8 Å². The monoisotopic (exact) mass is 161 g/mol. The number of amides is 1. The Labute approximate surface area is 66.0 Å². The fourth-order valence-electron chi connectivity index (χ4n) is 0.551. The normalized spacial score (nSPS) is 13.8. The average molecular weight is 162 g/mol. The van der Waals surface area contributed by atoms with Crippen LogP contribution >= 0.6 is 11.6 Å². The van der Waals surface area contributed by atoms with Crippen LogP contribution < -0.4 is 5.73 Å². The SMILES string of the molecule is CC(CC/C=C/Cl)C(N)=O. The number of nitrogens with two attached hydrogens (primary N) is 1. The van der Waals surface area contributed by atoms with Crippen molar-refractivity contribution < 1.29 is 4.79 Å². The van der Waals surface area contributed by atoms with Gasteiger partial charge < -0.3 is 5.73 Å². The second kappa shape index (κ2) is 5.30. The number of allylic oxidation sites excluding steroid dienone is 1. The molecular formula is C7H12ClNO. The van der Waals surface area contributed by atoms with Gasteiger partial charge in [0.15, 0.2) is 0 Å². The molecule has 58 valence electrons. The summed E-state index contributed by atoms with van der Waals surface area (Å²) in [5.74, 6) is -0.296. The first-order valence-corrected chi connectivity index (χ1v) is 3.66. The summed E-state index contributed by atoms with van der Waals surface area (Å²) in [5.41, 5.74) is 6.47. The molecule has 0 aromatic rings. The summed E-state index contributed by atoms with van der Waals surface area (Å²) in [4.78, 5) is 10.5. The Bertz CT molecular complexity index is 134. The van der Waals surface area contributed by atoms with Crippen LogP contribution in [0.25, 0.3) is 0 Å². The van der Waals surface area contributed by atoms with Gasteiger partial charge in [0.1, 0.15) is 0 Å². The maximum atomic E-state index is 10.5. The lowest BCUT2D eigenvalue weighted by Gasteiger charge is -2.02. The molecule has 0 rings (SSSR count). The minimum absolute atomic E-state index is 0.0483. The van der Waals surface area contributed by atoms with Crippen LogP contribution in [0.2, 0.25) is 0 Å². The molecule has 0 aliphatic heterocycles. The lowest BCUT2D eigenvalue weighted by Crippen LogP contribution is -2.20. The van der Waals surface area contributed by atoms with Crippen molar-refractivity contribution in [1.29, 1.82) is 0 Å². The maximum absolute atomic E-state index is 10.5. The van der Waals surface area contributed by atoms with Crippen LogP contribution in [0.5, 0.6) is 0 Å². The predicted molar refractivity (Wildman–Crippen MR) is 42.6 cm³/mol. The Morgan fingerprint density at radius 1 is 1.80 bits per heavy atom. The van der Waals surface area contributed by atoms with E-state index in [9.17, 15) is 4.79 Å². The van der Waals surface area contributed by atoms with Crippen molar-refractivity contribution >= 4 is 17.5 Å². The molecule has 0 aromatic heterocycles. The van der Waals surface area contributed by atoms with Crippen LogP contribution in [-0.4, -0.2) is 5.91 Å². The number of hydrogen-bond donors (Lipinski definition) is 1. The Morgan fingerprint density at radius 3 is 2.80 bits per heavy atom.